The Balaban J connectivity index is 1.11. The molecule has 0 bridgehead atoms. The van der Waals surface area contributed by atoms with Crippen molar-refractivity contribution in [3.8, 4) is 11.5 Å². The first-order valence-electron chi connectivity index (χ1n) is 13.4. The van der Waals surface area contributed by atoms with Gasteiger partial charge in [0.2, 0.25) is 5.91 Å². The summed E-state index contributed by atoms with van der Waals surface area (Å²) in [5.74, 6) is -0.893. The van der Waals surface area contributed by atoms with Crippen molar-refractivity contribution in [1.29, 1.82) is 0 Å². The highest BCUT2D eigenvalue weighted by Gasteiger charge is 2.28. The van der Waals surface area contributed by atoms with Crippen LogP contribution in [-0.2, 0) is 9.59 Å². The summed E-state index contributed by atoms with van der Waals surface area (Å²) in [7, 11) is 0. The molecule has 9 heteroatoms. The third kappa shape index (κ3) is 7.69. The second-order valence-corrected chi connectivity index (χ2v) is 10.0. The van der Waals surface area contributed by atoms with Crippen molar-refractivity contribution in [3.63, 3.8) is 0 Å². The van der Waals surface area contributed by atoms with E-state index in [1.165, 1.54) is 6.07 Å². The van der Waals surface area contributed by atoms with E-state index in [0.29, 0.717) is 75.8 Å². The molecular weight excluding hydrogens is 491 g/mol. The summed E-state index contributed by atoms with van der Waals surface area (Å²) in [4.78, 5) is 36.0. The third-order valence-electron chi connectivity index (χ3n) is 7.33. The molecule has 38 heavy (non-hydrogen) atoms. The van der Waals surface area contributed by atoms with E-state index in [1.807, 2.05) is 0 Å². The fourth-order valence-electron chi connectivity index (χ4n) is 5.08. The van der Waals surface area contributed by atoms with Crippen LogP contribution in [0.4, 0.5) is 4.39 Å². The molecule has 0 aliphatic heterocycles. The third-order valence-corrected chi connectivity index (χ3v) is 7.33. The maximum atomic E-state index is 13.8. The van der Waals surface area contributed by atoms with Crippen molar-refractivity contribution in [3.05, 3.63) is 59.9 Å². The van der Waals surface area contributed by atoms with Gasteiger partial charge in [-0.2, -0.15) is 0 Å². The Morgan fingerprint density at radius 2 is 1.34 bits per heavy atom. The number of carboxylic acids is 1. The van der Waals surface area contributed by atoms with Crippen LogP contribution in [0, 0.1) is 17.7 Å². The molecule has 2 aromatic carbocycles. The van der Waals surface area contributed by atoms with Gasteiger partial charge in [-0.1, -0.05) is 12.1 Å². The molecule has 0 heterocycles. The average Bonchev–Trinajstić information content (AvgIpc) is 2.93. The van der Waals surface area contributed by atoms with Crippen molar-refractivity contribution >= 4 is 17.8 Å². The lowest BCUT2D eigenvalue weighted by molar-refractivity contribution is -0.143. The van der Waals surface area contributed by atoms with Crippen LogP contribution in [0.25, 0.3) is 0 Å². The predicted molar refractivity (Wildman–Crippen MR) is 139 cm³/mol. The summed E-state index contributed by atoms with van der Waals surface area (Å²) in [5.41, 5.74) is 0.492. The Morgan fingerprint density at radius 1 is 0.763 bits per heavy atom. The number of amides is 2. The molecule has 2 amide bonds. The van der Waals surface area contributed by atoms with Crippen molar-refractivity contribution in [2.45, 2.75) is 63.6 Å². The number of benzene rings is 2. The number of aliphatic carboxylic acids is 1. The SMILES string of the molecule is O=C(NCCNC(=O)[C@H]1CC[C@H](Oc2ccccc2F)CC1)c1ccc(O[C@H]2CC[C@@H](C(=O)O)CC2)cc1. The van der Waals surface area contributed by atoms with Crippen molar-refractivity contribution < 1.29 is 33.4 Å². The summed E-state index contributed by atoms with van der Waals surface area (Å²) < 4.78 is 25.5. The van der Waals surface area contributed by atoms with Crippen molar-refractivity contribution in [2.24, 2.45) is 11.8 Å². The maximum Gasteiger partial charge on any atom is 0.306 e. The smallest absolute Gasteiger partial charge is 0.306 e. The van der Waals surface area contributed by atoms with Gasteiger partial charge in [-0.25, -0.2) is 4.39 Å². The van der Waals surface area contributed by atoms with Crippen LogP contribution in [0.2, 0.25) is 0 Å². The number of carboxylic acid groups (broad SMARTS) is 1. The highest BCUT2D eigenvalue weighted by Crippen LogP contribution is 2.29. The van der Waals surface area contributed by atoms with Crippen molar-refractivity contribution in [2.75, 3.05) is 13.1 Å². The molecule has 0 radical (unpaired) electrons. The van der Waals surface area contributed by atoms with Gasteiger partial charge in [0.15, 0.2) is 11.6 Å². The molecule has 0 spiro atoms. The Hall–Kier alpha value is -3.62. The Morgan fingerprint density at radius 3 is 1.97 bits per heavy atom. The normalized spacial score (nSPS) is 23.2. The topological polar surface area (TPSA) is 114 Å². The van der Waals surface area contributed by atoms with E-state index in [0.717, 1.165) is 0 Å². The molecule has 2 aliphatic rings. The molecule has 0 aromatic heterocycles. The van der Waals surface area contributed by atoms with Gasteiger partial charge < -0.3 is 25.2 Å². The minimum atomic E-state index is -0.742. The molecular formula is C29H35FN2O6. The molecule has 204 valence electrons. The van der Waals surface area contributed by atoms with Gasteiger partial charge in [0, 0.05) is 24.6 Å². The zero-order valence-electron chi connectivity index (χ0n) is 21.4. The van der Waals surface area contributed by atoms with Crippen molar-refractivity contribution in [1.82, 2.24) is 10.6 Å². The molecule has 2 saturated carbocycles. The lowest BCUT2D eigenvalue weighted by Crippen LogP contribution is -2.39. The van der Waals surface area contributed by atoms with E-state index >= 15 is 0 Å². The van der Waals surface area contributed by atoms with Crippen LogP contribution in [-0.4, -0.2) is 48.2 Å². The number of carbonyl (C=O) groups is 3. The Labute approximate surface area is 221 Å². The van der Waals surface area contributed by atoms with Crippen LogP contribution in [0.1, 0.15) is 61.7 Å². The number of nitrogens with one attached hydrogen (secondary N) is 2. The Bertz CT molecular complexity index is 1090. The molecule has 0 saturated heterocycles. The molecule has 8 nitrogen and oxygen atoms in total. The zero-order chi connectivity index (χ0) is 26.9. The zero-order valence-corrected chi connectivity index (χ0v) is 21.4. The number of hydrogen-bond acceptors (Lipinski definition) is 5. The fourth-order valence-corrected chi connectivity index (χ4v) is 5.08. The highest BCUT2D eigenvalue weighted by molar-refractivity contribution is 5.94. The van der Waals surface area contributed by atoms with E-state index in [2.05, 4.69) is 10.6 Å². The molecule has 0 unspecified atom stereocenters. The number of hydrogen-bond donors (Lipinski definition) is 3. The van der Waals surface area contributed by atoms with Gasteiger partial charge in [-0.15, -0.1) is 0 Å². The second kappa shape index (κ2) is 13.3. The van der Waals surface area contributed by atoms with Gasteiger partial charge in [0.05, 0.1) is 18.1 Å². The monoisotopic (exact) mass is 526 g/mol. The molecule has 0 atom stereocenters. The average molecular weight is 527 g/mol. The van der Waals surface area contributed by atoms with Gasteiger partial charge in [0.1, 0.15) is 5.75 Å². The summed E-state index contributed by atoms with van der Waals surface area (Å²) in [5, 5.41) is 14.8. The predicted octanol–water partition coefficient (Wildman–Crippen LogP) is 4.33. The van der Waals surface area contributed by atoms with Gasteiger partial charge >= 0.3 is 5.97 Å². The lowest BCUT2D eigenvalue weighted by Gasteiger charge is -2.28. The number of halogens is 1. The largest absolute Gasteiger partial charge is 0.490 e. The second-order valence-electron chi connectivity index (χ2n) is 10.0. The minimum Gasteiger partial charge on any atom is -0.490 e. The van der Waals surface area contributed by atoms with Gasteiger partial charge in [0.25, 0.3) is 5.91 Å². The Kier molecular flexibility index (Phi) is 9.56. The first kappa shape index (κ1) is 27.4. The summed E-state index contributed by atoms with van der Waals surface area (Å²) in [6.07, 6.45) is 5.24. The first-order valence-corrected chi connectivity index (χ1v) is 13.4. The van der Waals surface area contributed by atoms with E-state index in [-0.39, 0.29) is 47.4 Å². The van der Waals surface area contributed by atoms with E-state index in [9.17, 15) is 18.8 Å². The van der Waals surface area contributed by atoms with Gasteiger partial charge in [-0.05, 0) is 87.8 Å². The standard InChI is InChI=1S/C29H35FN2O6/c30-25-3-1-2-4-26(25)38-24-13-7-20(8-14-24)28(34)32-18-17-31-27(33)19-5-11-22(12-6-19)37-23-15-9-21(10-16-23)29(35)36/h1-6,11-12,20-21,23-24H,7-10,13-18H2,(H,31,33)(H,32,34)(H,35,36)/t20-,21-,23+,24-. The molecule has 2 fully saturated rings. The molecule has 4 rings (SSSR count). The first-order chi connectivity index (χ1) is 18.4. The van der Waals surface area contributed by atoms with Crippen LogP contribution in [0.5, 0.6) is 11.5 Å². The fraction of sp³-hybridized carbons (Fsp3) is 0.483. The number of para-hydroxylation sites is 1. The minimum absolute atomic E-state index is 0.0108. The van der Waals surface area contributed by atoms with Crippen LogP contribution < -0.4 is 20.1 Å². The van der Waals surface area contributed by atoms with E-state index in [4.69, 9.17) is 14.6 Å². The van der Waals surface area contributed by atoms with Gasteiger partial charge in [-0.3, -0.25) is 14.4 Å². The molecule has 2 aliphatic carbocycles. The summed E-state index contributed by atoms with van der Waals surface area (Å²) >= 11 is 0. The van der Waals surface area contributed by atoms with Crippen LogP contribution in [0.15, 0.2) is 48.5 Å². The number of rotatable bonds is 10. The van der Waals surface area contributed by atoms with Crippen LogP contribution >= 0.6 is 0 Å². The number of carbonyl (C=O) groups excluding carboxylic acids is 2. The lowest BCUT2D eigenvalue weighted by atomic mass is 9.86. The maximum absolute atomic E-state index is 13.8. The van der Waals surface area contributed by atoms with E-state index in [1.54, 1.807) is 42.5 Å². The number of ether oxygens (including phenoxy) is 2. The van der Waals surface area contributed by atoms with E-state index < -0.39 is 5.97 Å². The quantitative estimate of drug-likeness (QED) is 0.397. The van der Waals surface area contributed by atoms with Crippen LogP contribution in [0.3, 0.4) is 0 Å². The molecule has 2 aromatic rings. The summed E-state index contributed by atoms with van der Waals surface area (Å²) in [6.45, 7) is 0.637. The highest BCUT2D eigenvalue weighted by atomic mass is 19.1. The molecule has 3 N–H and O–H groups in total. The summed E-state index contributed by atoms with van der Waals surface area (Å²) in [6, 6.07) is 13.2.